The van der Waals surface area contributed by atoms with Gasteiger partial charge < -0.3 is 14.4 Å². The van der Waals surface area contributed by atoms with Gasteiger partial charge in [-0.15, -0.1) is 11.3 Å². The molecule has 0 saturated carbocycles. The number of hydrogen-bond donors (Lipinski definition) is 0. The van der Waals surface area contributed by atoms with E-state index < -0.39 is 0 Å². The second-order valence-electron chi connectivity index (χ2n) is 4.95. The molecule has 0 fully saturated rings. The molecule has 6 heteroatoms. The number of para-hydroxylation sites is 2. The number of thiazole rings is 1. The van der Waals surface area contributed by atoms with Crippen LogP contribution in [-0.2, 0) is 0 Å². The van der Waals surface area contributed by atoms with Crippen molar-refractivity contribution in [1.29, 1.82) is 0 Å². The minimum Gasteiger partial charge on any atom is -0.486 e. The number of aromatic nitrogens is 1. The summed E-state index contributed by atoms with van der Waals surface area (Å²) in [5.74, 6) is 1.45. The number of likely N-dealkylation sites (N-methyl/N-ethyl adjacent to an activating group) is 1. The molecule has 110 valence electrons. The lowest BCUT2D eigenvalue weighted by Crippen LogP contribution is -2.41. The van der Waals surface area contributed by atoms with E-state index in [9.17, 15) is 4.79 Å². The summed E-state index contributed by atoms with van der Waals surface area (Å²) < 4.78 is 11.5. The van der Waals surface area contributed by atoms with E-state index in [1.165, 1.54) is 11.3 Å². The third kappa shape index (κ3) is 2.85. The van der Waals surface area contributed by atoms with Crippen molar-refractivity contribution in [1.82, 2.24) is 9.88 Å². The number of nitrogens with zero attached hydrogens (tertiary/aromatic N) is 2. The van der Waals surface area contributed by atoms with E-state index in [1.54, 1.807) is 17.5 Å². The van der Waals surface area contributed by atoms with Gasteiger partial charge in [0.15, 0.2) is 17.6 Å². The maximum absolute atomic E-state index is 12.3. The quantitative estimate of drug-likeness (QED) is 0.873. The molecule has 0 spiro atoms. The maximum Gasteiger partial charge on any atom is 0.265 e. The van der Waals surface area contributed by atoms with Gasteiger partial charge in [-0.05, 0) is 19.1 Å². The van der Waals surface area contributed by atoms with Gasteiger partial charge in [-0.25, -0.2) is 4.98 Å². The highest BCUT2D eigenvalue weighted by Gasteiger charge is 2.25. The lowest BCUT2D eigenvalue weighted by molar-refractivity contribution is 0.0523. The number of hydrogen-bond acceptors (Lipinski definition) is 5. The molecular weight excluding hydrogens is 288 g/mol. The molecule has 1 aromatic heterocycles. The topological polar surface area (TPSA) is 51.7 Å². The average molecular weight is 304 g/mol. The monoisotopic (exact) mass is 304 g/mol. The van der Waals surface area contributed by atoms with Gasteiger partial charge in [0.25, 0.3) is 5.91 Å². The summed E-state index contributed by atoms with van der Waals surface area (Å²) in [6, 6.07) is 7.56. The molecule has 1 atom stereocenters. The number of aryl methyl sites for hydroxylation is 1. The number of carbonyl (C=O) groups is 1. The minimum absolute atomic E-state index is 0.0301. The summed E-state index contributed by atoms with van der Waals surface area (Å²) in [6.07, 6.45) is -0.165. The zero-order valence-corrected chi connectivity index (χ0v) is 12.7. The third-order valence-corrected chi connectivity index (χ3v) is 4.25. The van der Waals surface area contributed by atoms with Crippen molar-refractivity contribution < 1.29 is 14.3 Å². The Labute approximate surface area is 127 Å². The van der Waals surface area contributed by atoms with E-state index in [0.29, 0.717) is 18.0 Å². The molecule has 1 aliphatic heterocycles. The summed E-state index contributed by atoms with van der Waals surface area (Å²) in [4.78, 5) is 18.8. The molecule has 1 aliphatic rings. The first kappa shape index (κ1) is 13.9. The fraction of sp³-hybridized carbons (Fsp3) is 0.333. The highest BCUT2D eigenvalue weighted by atomic mass is 32.1. The van der Waals surface area contributed by atoms with Crippen molar-refractivity contribution in [3.8, 4) is 11.5 Å². The Balaban J connectivity index is 1.65. The van der Waals surface area contributed by atoms with E-state index >= 15 is 0 Å². The Hall–Kier alpha value is -2.08. The van der Waals surface area contributed by atoms with Crippen LogP contribution in [0.15, 0.2) is 29.8 Å². The highest BCUT2D eigenvalue weighted by molar-refractivity contribution is 7.11. The molecule has 0 bridgehead atoms. The smallest absolute Gasteiger partial charge is 0.265 e. The van der Waals surface area contributed by atoms with Gasteiger partial charge in [0.1, 0.15) is 11.5 Å². The molecule has 21 heavy (non-hydrogen) atoms. The molecule has 2 aromatic rings. The van der Waals surface area contributed by atoms with Gasteiger partial charge in [0.05, 0.1) is 17.7 Å². The lowest BCUT2D eigenvalue weighted by atomic mass is 10.2. The number of ether oxygens (including phenoxy) is 2. The summed E-state index contributed by atoms with van der Waals surface area (Å²) in [5.41, 5.74) is 2.45. The second kappa shape index (κ2) is 5.73. The van der Waals surface area contributed by atoms with Crippen molar-refractivity contribution in [2.45, 2.75) is 13.0 Å². The van der Waals surface area contributed by atoms with E-state index in [4.69, 9.17) is 9.47 Å². The fourth-order valence-corrected chi connectivity index (χ4v) is 3.02. The molecule has 3 rings (SSSR count). The van der Waals surface area contributed by atoms with E-state index in [-0.39, 0.29) is 12.0 Å². The number of benzene rings is 1. The molecule has 5 nitrogen and oxygen atoms in total. The number of carbonyl (C=O) groups excluding carboxylic acids is 1. The molecule has 0 unspecified atom stereocenters. The Morgan fingerprint density at radius 1 is 1.43 bits per heavy atom. The predicted octanol–water partition coefficient (Wildman–Crippen LogP) is 2.36. The molecule has 2 heterocycles. The SMILES string of the molecule is Cc1ncsc1C(=O)N(C)C[C@H]1COc2ccccc2O1. The maximum atomic E-state index is 12.3. The number of rotatable bonds is 3. The normalized spacial score (nSPS) is 16.6. The molecule has 0 radical (unpaired) electrons. The largest absolute Gasteiger partial charge is 0.486 e. The first-order chi connectivity index (χ1) is 10.1. The van der Waals surface area contributed by atoms with Gasteiger partial charge in [0.2, 0.25) is 0 Å². The van der Waals surface area contributed by atoms with Crippen LogP contribution in [-0.4, -0.2) is 42.1 Å². The van der Waals surface area contributed by atoms with Crippen LogP contribution in [0.3, 0.4) is 0 Å². The molecular formula is C15H16N2O3S. The van der Waals surface area contributed by atoms with Crippen molar-refractivity contribution in [3.05, 3.63) is 40.3 Å². The van der Waals surface area contributed by atoms with Crippen molar-refractivity contribution in [3.63, 3.8) is 0 Å². The summed E-state index contributed by atoms with van der Waals surface area (Å²) in [5, 5.41) is 0. The van der Waals surface area contributed by atoms with Gasteiger partial charge in [-0.1, -0.05) is 12.1 Å². The minimum atomic E-state index is -0.165. The summed E-state index contributed by atoms with van der Waals surface area (Å²) >= 11 is 1.36. The first-order valence-corrected chi connectivity index (χ1v) is 7.57. The Morgan fingerprint density at radius 3 is 2.90 bits per heavy atom. The van der Waals surface area contributed by atoms with E-state index in [2.05, 4.69) is 4.98 Å². The van der Waals surface area contributed by atoms with E-state index in [0.717, 1.165) is 17.2 Å². The first-order valence-electron chi connectivity index (χ1n) is 6.69. The van der Waals surface area contributed by atoms with Crippen molar-refractivity contribution in [2.75, 3.05) is 20.2 Å². The van der Waals surface area contributed by atoms with Crippen LogP contribution in [0.25, 0.3) is 0 Å². The van der Waals surface area contributed by atoms with Gasteiger partial charge >= 0.3 is 0 Å². The molecule has 0 saturated heterocycles. The zero-order chi connectivity index (χ0) is 14.8. The van der Waals surface area contributed by atoms with Gasteiger partial charge in [-0.2, -0.15) is 0 Å². The van der Waals surface area contributed by atoms with Crippen LogP contribution >= 0.6 is 11.3 Å². The molecule has 0 aliphatic carbocycles. The zero-order valence-electron chi connectivity index (χ0n) is 11.9. The van der Waals surface area contributed by atoms with Crippen molar-refractivity contribution >= 4 is 17.2 Å². The molecule has 1 aromatic carbocycles. The van der Waals surface area contributed by atoms with Gasteiger partial charge in [0, 0.05) is 7.05 Å². The Bertz CT molecular complexity index is 656. The lowest BCUT2D eigenvalue weighted by Gasteiger charge is -2.29. The predicted molar refractivity (Wildman–Crippen MR) is 80.2 cm³/mol. The van der Waals surface area contributed by atoms with Crippen LogP contribution in [0.2, 0.25) is 0 Å². The van der Waals surface area contributed by atoms with E-state index in [1.807, 2.05) is 31.2 Å². The summed E-state index contributed by atoms with van der Waals surface area (Å²) in [7, 11) is 1.77. The van der Waals surface area contributed by atoms with Crippen LogP contribution in [0.5, 0.6) is 11.5 Å². The number of amides is 1. The Morgan fingerprint density at radius 2 is 2.19 bits per heavy atom. The van der Waals surface area contributed by atoms with Crippen LogP contribution in [0.4, 0.5) is 0 Å². The van der Waals surface area contributed by atoms with Gasteiger partial charge in [-0.3, -0.25) is 4.79 Å². The molecule has 0 N–H and O–H groups in total. The van der Waals surface area contributed by atoms with Crippen LogP contribution in [0, 0.1) is 6.92 Å². The highest BCUT2D eigenvalue weighted by Crippen LogP contribution is 2.31. The number of fused-ring (bicyclic) bond motifs is 1. The molecule has 1 amide bonds. The summed E-state index contributed by atoms with van der Waals surface area (Å²) in [6.45, 7) is 2.76. The van der Waals surface area contributed by atoms with Crippen LogP contribution < -0.4 is 9.47 Å². The van der Waals surface area contributed by atoms with Crippen LogP contribution in [0.1, 0.15) is 15.4 Å². The second-order valence-corrected chi connectivity index (χ2v) is 5.80. The third-order valence-electron chi connectivity index (χ3n) is 3.33. The average Bonchev–Trinajstić information content (AvgIpc) is 2.92. The Kier molecular flexibility index (Phi) is 3.79. The fourth-order valence-electron chi connectivity index (χ4n) is 2.22. The standard InChI is InChI=1S/C15H16N2O3S/c1-10-14(21-9-16-10)15(18)17(2)7-11-8-19-12-5-3-4-6-13(12)20-11/h3-6,9,11H,7-8H2,1-2H3/t11-/m0/s1. The van der Waals surface area contributed by atoms with Crippen molar-refractivity contribution in [2.24, 2.45) is 0 Å².